The van der Waals surface area contributed by atoms with Crippen molar-refractivity contribution >= 4 is 17.6 Å². The molecule has 0 aliphatic carbocycles. The molecule has 1 N–H and O–H groups in total. The number of ether oxygens (including phenoxy) is 2. The predicted molar refractivity (Wildman–Crippen MR) is 116 cm³/mol. The Morgan fingerprint density at radius 1 is 1.00 bits per heavy atom. The molecule has 0 aromatic heterocycles. The van der Waals surface area contributed by atoms with Gasteiger partial charge in [0, 0.05) is 5.69 Å². The number of nitrogens with one attached hydrogen (secondary N) is 1. The maximum absolute atomic E-state index is 12.5. The standard InChI is InChI=1S/C24H31NO4/c1-5-7-16-28-20-14-12-19(13-15-20)24(27)29-18(4)23(26)25-22-11-9-8-10-21(22)17(3)6-2/h8-15,17-18H,5-7,16H2,1-4H3,(H,25,26)/t17-,18+/m0/s1. The van der Waals surface area contributed by atoms with E-state index in [9.17, 15) is 9.59 Å². The third kappa shape index (κ3) is 6.63. The molecule has 1 amide bonds. The zero-order chi connectivity index (χ0) is 21.2. The van der Waals surface area contributed by atoms with Gasteiger partial charge < -0.3 is 14.8 Å². The minimum absolute atomic E-state index is 0.322. The molecule has 0 saturated heterocycles. The van der Waals surface area contributed by atoms with Gasteiger partial charge in [-0.15, -0.1) is 0 Å². The largest absolute Gasteiger partial charge is 0.494 e. The van der Waals surface area contributed by atoms with Crippen LogP contribution in [0.5, 0.6) is 5.75 Å². The van der Waals surface area contributed by atoms with Crippen molar-refractivity contribution in [3.8, 4) is 5.75 Å². The van der Waals surface area contributed by atoms with Crippen molar-refractivity contribution in [2.45, 2.75) is 59.0 Å². The van der Waals surface area contributed by atoms with Crippen LogP contribution in [0.15, 0.2) is 48.5 Å². The molecule has 0 heterocycles. The maximum Gasteiger partial charge on any atom is 0.338 e. The van der Waals surface area contributed by atoms with Gasteiger partial charge in [-0.3, -0.25) is 4.79 Å². The topological polar surface area (TPSA) is 64.6 Å². The zero-order valence-corrected chi connectivity index (χ0v) is 17.7. The molecule has 156 valence electrons. The number of amides is 1. The number of carbonyl (C=O) groups excluding carboxylic acids is 2. The highest BCUT2D eigenvalue weighted by molar-refractivity contribution is 5.97. The average Bonchev–Trinajstić information content (AvgIpc) is 2.74. The fourth-order valence-electron chi connectivity index (χ4n) is 2.80. The third-order valence-corrected chi connectivity index (χ3v) is 4.87. The van der Waals surface area contributed by atoms with E-state index >= 15 is 0 Å². The summed E-state index contributed by atoms with van der Waals surface area (Å²) in [5, 5.41) is 2.88. The van der Waals surface area contributed by atoms with Gasteiger partial charge in [-0.1, -0.05) is 45.4 Å². The van der Waals surface area contributed by atoms with Gasteiger partial charge in [0.1, 0.15) is 5.75 Å². The molecule has 2 rings (SSSR count). The summed E-state index contributed by atoms with van der Waals surface area (Å²) in [6.07, 6.45) is 2.10. The highest BCUT2D eigenvalue weighted by Crippen LogP contribution is 2.26. The van der Waals surface area contributed by atoms with Crippen molar-refractivity contribution in [2.75, 3.05) is 11.9 Å². The molecule has 2 aromatic carbocycles. The first-order valence-corrected chi connectivity index (χ1v) is 10.3. The van der Waals surface area contributed by atoms with Crippen LogP contribution in [-0.2, 0) is 9.53 Å². The smallest absolute Gasteiger partial charge is 0.338 e. The molecular weight excluding hydrogens is 366 g/mol. The Balaban J connectivity index is 1.95. The molecule has 0 aliphatic heterocycles. The molecule has 5 nitrogen and oxygen atoms in total. The molecule has 0 saturated carbocycles. The van der Waals surface area contributed by atoms with Crippen LogP contribution in [0.25, 0.3) is 0 Å². The maximum atomic E-state index is 12.5. The van der Waals surface area contributed by atoms with Crippen LogP contribution < -0.4 is 10.1 Å². The van der Waals surface area contributed by atoms with Gasteiger partial charge in [0.2, 0.25) is 0 Å². The molecule has 0 radical (unpaired) electrons. The van der Waals surface area contributed by atoms with Gasteiger partial charge in [-0.05, 0) is 61.6 Å². The Morgan fingerprint density at radius 3 is 2.34 bits per heavy atom. The Hall–Kier alpha value is -2.82. The first-order chi connectivity index (χ1) is 14.0. The molecule has 29 heavy (non-hydrogen) atoms. The van der Waals surface area contributed by atoms with E-state index in [-0.39, 0.29) is 5.91 Å². The predicted octanol–water partition coefficient (Wildman–Crippen LogP) is 5.56. The first kappa shape index (κ1) is 22.5. The normalized spacial score (nSPS) is 12.7. The van der Waals surface area contributed by atoms with Crippen molar-refractivity contribution in [1.82, 2.24) is 0 Å². The summed E-state index contributed by atoms with van der Waals surface area (Å²) in [7, 11) is 0. The van der Waals surface area contributed by atoms with Gasteiger partial charge in [0.15, 0.2) is 6.10 Å². The highest BCUT2D eigenvalue weighted by Gasteiger charge is 2.20. The SMILES string of the molecule is CCCCOc1ccc(C(=O)O[C@H](C)C(=O)Nc2ccccc2[C@@H](C)CC)cc1. The summed E-state index contributed by atoms with van der Waals surface area (Å²) in [5.41, 5.74) is 2.20. The number of hydrogen-bond donors (Lipinski definition) is 1. The number of para-hydroxylation sites is 1. The molecule has 0 bridgehead atoms. The number of unbranched alkanes of at least 4 members (excludes halogenated alkanes) is 1. The molecule has 0 aliphatic rings. The summed E-state index contributed by atoms with van der Waals surface area (Å²) in [4.78, 5) is 24.9. The molecule has 2 atom stereocenters. The molecule has 0 fully saturated rings. The minimum Gasteiger partial charge on any atom is -0.494 e. The number of anilines is 1. The van der Waals surface area contributed by atoms with Crippen molar-refractivity contribution in [2.24, 2.45) is 0 Å². The van der Waals surface area contributed by atoms with Gasteiger partial charge in [-0.2, -0.15) is 0 Å². The summed E-state index contributed by atoms with van der Waals surface area (Å²) in [5.74, 6) is 0.140. The number of carbonyl (C=O) groups is 2. The third-order valence-electron chi connectivity index (χ3n) is 4.87. The second-order valence-electron chi connectivity index (χ2n) is 7.16. The van der Waals surface area contributed by atoms with Crippen molar-refractivity contribution in [1.29, 1.82) is 0 Å². The van der Waals surface area contributed by atoms with Crippen LogP contribution >= 0.6 is 0 Å². The number of rotatable bonds is 10. The summed E-state index contributed by atoms with van der Waals surface area (Å²) >= 11 is 0. The molecular formula is C24H31NO4. The van der Waals surface area contributed by atoms with Crippen LogP contribution in [0.1, 0.15) is 68.8 Å². The fraction of sp³-hybridized carbons (Fsp3) is 0.417. The van der Waals surface area contributed by atoms with Crippen molar-refractivity contribution in [3.05, 3.63) is 59.7 Å². The second kappa shape index (κ2) is 11.2. The Labute approximate surface area is 173 Å². The van der Waals surface area contributed by atoms with E-state index in [0.29, 0.717) is 23.8 Å². The zero-order valence-electron chi connectivity index (χ0n) is 17.7. The molecule has 5 heteroatoms. The first-order valence-electron chi connectivity index (χ1n) is 10.3. The van der Waals surface area contributed by atoms with E-state index in [1.165, 1.54) is 0 Å². The Bertz CT molecular complexity index is 801. The number of hydrogen-bond acceptors (Lipinski definition) is 4. The lowest BCUT2D eigenvalue weighted by Gasteiger charge is -2.18. The van der Waals surface area contributed by atoms with Crippen molar-refractivity contribution < 1.29 is 19.1 Å². The summed E-state index contributed by atoms with van der Waals surface area (Å²) in [6.45, 7) is 8.54. The van der Waals surface area contributed by atoms with Crippen LogP contribution in [0.3, 0.4) is 0 Å². The van der Waals surface area contributed by atoms with Crippen LogP contribution in [0.2, 0.25) is 0 Å². The van der Waals surface area contributed by atoms with E-state index < -0.39 is 12.1 Å². The molecule has 0 spiro atoms. The van der Waals surface area contributed by atoms with E-state index in [0.717, 1.165) is 30.5 Å². The van der Waals surface area contributed by atoms with Gasteiger partial charge in [0.05, 0.1) is 12.2 Å². The van der Waals surface area contributed by atoms with E-state index in [4.69, 9.17) is 9.47 Å². The molecule has 2 aromatic rings. The average molecular weight is 398 g/mol. The van der Waals surface area contributed by atoms with Gasteiger partial charge in [0.25, 0.3) is 5.91 Å². The van der Waals surface area contributed by atoms with E-state index in [1.54, 1.807) is 31.2 Å². The number of benzene rings is 2. The monoisotopic (exact) mass is 397 g/mol. The van der Waals surface area contributed by atoms with Gasteiger partial charge in [-0.25, -0.2) is 4.79 Å². The lowest BCUT2D eigenvalue weighted by Crippen LogP contribution is -2.30. The molecule has 0 unspecified atom stereocenters. The van der Waals surface area contributed by atoms with Crippen LogP contribution in [0, 0.1) is 0 Å². The summed E-state index contributed by atoms with van der Waals surface area (Å²) in [6, 6.07) is 14.5. The summed E-state index contributed by atoms with van der Waals surface area (Å²) < 4.78 is 10.9. The van der Waals surface area contributed by atoms with Crippen LogP contribution in [-0.4, -0.2) is 24.6 Å². The van der Waals surface area contributed by atoms with E-state index in [2.05, 4.69) is 26.1 Å². The minimum atomic E-state index is -0.909. The highest BCUT2D eigenvalue weighted by atomic mass is 16.5. The lowest BCUT2D eigenvalue weighted by molar-refractivity contribution is -0.123. The second-order valence-corrected chi connectivity index (χ2v) is 7.16. The quantitative estimate of drug-likeness (QED) is 0.421. The Morgan fingerprint density at radius 2 is 1.69 bits per heavy atom. The fourth-order valence-corrected chi connectivity index (χ4v) is 2.80. The van der Waals surface area contributed by atoms with Gasteiger partial charge >= 0.3 is 5.97 Å². The Kier molecular flexibility index (Phi) is 8.71. The number of esters is 1. The van der Waals surface area contributed by atoms with E-state index in [1.807, 2.05) is 24.3 Å². The lowest BCUT2D eigenvalue weighted by atomic mass is 9.97. The van der Waals surface area contributed by atoms with Crippen molar-refractivity contribution in [3.63, 3.8) is 0 Å². The van der Waals surface area contributed by atoms with Crippen LogP contribution in [0.4, 0.5) is 5.69 Å².